The molecule has 0 atom stereocenters. The van der Waals surface area contributed by atoms with Gasteiger partial charge < -0.3 is 14.8 Å². The SMILES string of the molecule is CO/C(=N\C(=O)Nc1ccc(OC(F)(F)F)cc1)c1c(F)cccc1F. The van der Waals surface area contributed by atoms with E-state index in [2.05, 4.69) is 15.0 Å². The fourth-order valence-corrected chi connectivity index (χ4v) is 1.89. The predicted octanol–water partition coefficient (Wildman–Crippen LogP) is 4.49. The highest BCUT2D eigenvalue weighted by Crippen LogP contribution is 2.24. The van der Waals surface area contributed by atoms with E-state index in [0.29, 0.717) is 0 Å². The lowest BCUT2D eigenvalue weighted by Crippen LogP contribution is -2.17. The first kappa shape index (κ1) is 19.2. The second kappa shape index (κ2) is 7.81. The number of ether oxygens (including phenoxy) is 2. The summed E-state index contributed by atoms with van der Waals surface area (Å²) in [6.07, 6.45) is -4.84. The minimum absolute atomic E-state index is 0.0812. The van der Waals surface area contributed by atoms with Gasteiger partial charge in [0.25, 0.3) is 0 Å². The van der Waals surface area contributed by atoms with Gasteiger partial charge in [0.2, 0.25) is 5.90 Å². The van der Waals surface area contributed by atoms with Crippen LogP contribution in [0, 0.1) is 11.6 Å². The molecule has 138 valence electrons. The van der Waals surface area contributed by atoms with Crippen molar-refractivity contribution < 1.29 is 36.2 Å². The fourth-order valence-electron chi connectivity index (χ4n) is 1.89. The van der Waals surface area contributed by atoms with Crippen LogP contribution in [-0.4, -0.2) is 25.4 Å². The summed E-state index contributed by atoms with van der Waals surface area (Å²) in [5.74, 6) is -3.04. The Morgan fingerprint density at radius 3 is 2.12 bits per heavy atom. The summed E-state index contributed by atoms with van der Waals surface area (Å²) in [7, 11) is 1.07. The topological polar surface area (TPSA) is 59.9 Å². The Hall–Kier alpha value is -3.17. The summed E-state index contributed by atoms with van der Waals surface area (Å²) in [6.45, 7) is 0. The Bertz CT molecular complexity index is 799. The lowest BCUT2D eigenvalue weighted by molar-refractivity contribution is -0.274. The number of urea groups is 1. The van der Waals surface area contributed by atoms with Gasteiger partial charge in [0, 0.05) is 5.69 Å². The molecule has 2 aromatic rings. The molecule has 10 heteroatoms. The molecule has 0 bridgehead atoms. The fraction of sp³-hybridized carbons (Fsp3) is 0.125. The van der Waals surface area contributed by atoms with Gasteiger partial charge in [0.1, 0.15) is 22.9 Å². The third kappa shape index (κ3) is 5.16. The van der Waals surface area contributed by atoms with Crippen molar-refractivity contribution >= 4 is 17.6 Å². The Kier molecular flexibility index (Phi) is 5.75. The highest BCUT2D eigenvalue weighted by atomic mass is 19.4. The average Bonchev–Trinajstić information content (AvgIpc) is 2.54. The van der Waals surface area contributed by atoms with E-state index in [0.717, 1.165) is 49.6 Å². The summed E-state index contributed by atoms with van der Waals surface area (Å²) < 4.78 is 72.1. The van der Waals surface area contributed by atoms with Crippen LogP contribution >= 0.6 is 0 Å². The van der Waals surface area contributed by atoms with E-state index in [9.17, 15) is 26.7 Å². The number of amides is 2. The number of aliphatic imine (C=N–C) groups is 1. The number of hydrogen-bond acceptors (Lipinski definition) is 3. The zero-order chi connectivity index (χ0) is 19.3. The molecule has 0 aliphatic rings. The van der Waals surface area contributed by atoms with Gasteiger partial charge in [-0.15, -0.1) is 13.2 Å². The number of anilines is 1. The third-order valence-corrected chi connectivity index (χ3v) is 2.91. The zero-order valence-electron chi connectivity index (χ0n) is 13.1. The number of rotatable bonds is 3. The molecule has 0 heterocycles. The molecule has 0 spiro atoms. The lowest BCUT2D eigenvalue weighted by atomic mass is 10.2. The Morgan fingerprint density at radius 1 is 1.04 bits per heavy atom. The minimum atomic E-state index is -4.84. The summed E-state index contributed by atoms with van der Waals surface area (Å²) >= 11 is 0. The maximum atomic E-state index is 13.7. The van der Waals surface area contributed by atoms with Gasteiger partial charge in [-0.05, 0) is 36.4 Å². The van der Waals surface area contributed by atoms with E-state index < -0.39 is 41.2 Å². The van der Waals surface area contributed by atoms with Crippen molar-refractivity contribution in [2.24, 2.45) is 4.99 Å². The molecule has 0 fully saturated rings. The molecule has 0 saturated carbocycles. The van der Waals surface area contributed by atoms with Gasteiger partial charge in [-0.25, -0.2) is 13.6 Å². The third-order valence-electron chi connectivity index (χ3n) is 2.91. The number of alkyl halides is 3. The van der Waals surface area contributed by atoms with Gasteiger partial charge in [-0.3, -0.25) is 0 Å². The summed E-state index contributed by atoms with van der Waals surface area (Å²) in [4.78, 5) is 15.3. The van der Waals surface area contributed by atoms with E-state index in [4.69, 9.17) is 4.74 Å². The van der Waals surface area contributed by atoms with Gasteiger partial charge in [0.05, 0.1) is 7.11 Å². The number of methoxy groups -OCH3 is 1. The second-order valence-corrected chi connectivity index (χ2v) is 4.72. The molecule has 0 saturated heterocycles. The maximum absolute atomic E-state index is 13.7. The van der Waals surface area contributed by atoms with Gasteiger partial charge in [-0.2, -0.15) is 4.99 Å². The van der Waals surface area contributed by atoms with Gasteiger partial charge in [0.15, 0.2) is 0 Å². The molecule has 2 amide bonds. The molecule has 2 rings (SSSR count). The number of nitrogens with zero attached hydrogens (tertiary/aromatic N) is 1. The maximum Gasteiger partial charge on any atom is 0.573 e. The number of benzene rings is 2. The van der Waals surface area contributed by atoms with Crippen molar-refractivity contribution in [1.29, 1.82) is 0 Å². The predicted molar refractivity (Wildman–Crippen MR) is 82.0 cm³/mol. The van der Waals surface area contributed by atoms with Crippen molar-refractivity contribution in [1.82, 2.24) is 0 Å². The first-order valence-electron chi connectivity index (χ1n) is 6.93. The summed E-state index contributed by atoms with van der Waals surface area (Å²) in [5.41, 5.74) is -0.545. The number of nitrogens with one attached hydrogen (secondary N) is 1. The smallest absolute Gasteiger partial charge is 0.480 e. The molecule has 0 aliphatic heterocycles. The quantitative estimate of drug-likeness (QED) is 0.489. The minimum Gasteiger partial charge on any atom is -0.480 e. The number of hydrogen-bond donors (Lipinski definition) is 1. The van der Waals surface area contributed by atoms with Crippen LogP contribution in [0.5, 0.6) is 5.75 Å². The highest BCUT2D eigenvalue weighted by Gasteiger charge is 2.31. The molecule has 0 aromatic heterocycles. The van der Waals surface area contributed by atoms with Gasteiger partial charge in [-0.1, -0.05) is 6.07 Å². The molecule has 0 radical (unpaired) electrons. The largest absolute Gasteiger partial charge is 0.573 e. The molecule has 0 unspecified atom stereocenters. The first-order chi connectivity index (χ1) is 12.2. The van der Waals surface area contributed by atoms with Crippen LogP contribution < -0.4 is 10.1 Å². The molecule has 2 aromatic carbocycles. The van der Waals surface area contributed by atoms with E-state index >= 15 is 0 Å². The Balaban J connectivity index is 2.15. The summed E-state index contributed by atoms with van der Waals surface area (Å²) in [5, 5.41) is 2.22. The molecular weight excluding hydrogens is 363 g/mol. The van der Waals surface area contributed by atoms with E-state index in [1.54, 1.807) is 0 Å². The van der Waals surface area contributed by atoms with Crippen molar-refractivity contribution in [3.05, 3.63) is 59.7 Å². The first-order valence-corrected chi connectivity index (χ1v) is 6.93. The molecule has 5 nitrogen and oxygen atoms in total. The Labute approximate surface area is 144 Å². The van der Waals surface area contributed by atoms with Crippen LogP contribution in [0.3, 0.4) is 0 Å². The van der Waals surface area contributed by atoms with Crippen molar-refractivity contribution in [2.45, 2.75) is 6.36 Å². The van der Waals surface area contributed by atoms with Crippen LogP contribution in [0.2, 0.25) is 0 Å². The van der Waals surface area contributed by atoms with Crippen LogP contribution in [0.4, 0.5) is 32.4 Å². The number of halogens is 5. The normalized spacial score (nSPS) is 11.8. The monoisotopic (exact) mass is 374 g/mol. The van der Waals surface area contributed by atoms with Crippen molar-refractivity contribution in [3.8, 4) is 5.75 Å². The second-order valence-electron chi connectivity index (χ2n) is 4.72. The molecule has 1 N–H and O–H groups in total. The van der Waals surface area contributed by atoms with Crippen molar-refractivity contribution in [2.75, 3.05) is 12.4 Å². The van der Waals surface area contributed by atoms with Crippen LogP contribution in [0.25, 0.3) is 0 Å². The van der Waals surface area contributed by atoms with Crippen LogP contribution in [0.1, 0.15) is 5.56 Å². The highest BCUT2D eigenvalue weighted by molar-refractivity contribution is 6.04. The Morgan fingerprint density at radius 2 is 1.62 bits per heavy atom. The lowest BCUT2D eigenvalue weighted by Gasteiger charge is -2.10. The van der Waals surface area contributed by atoms with E-state index in [-0.39, 0.29) is 5.69 Å². The average molecular weight is 374 g/mol. The standard InChI is InChI=1S/C16H11F5N2O3/c1-25-14(13-11(17)3-2-4-12(13)18)23-15(24)22-9-5-7-10(8-6-9)26-16(19,20)21/h2-8H,1H3,(H,22,24)/b23-14-. The molecule has 0 aliphatic carbocycles. The van der Waals surface area contributed by atoms with Crippen LogP contribution in [0.15, 0.2) is 47.5 Å². The number of carbonyl (C=O) groups is 1. The van der Waals surface area contributed by atoms with E-state index in [1.165, 1.54) is 0 Å². The van der Waals surface area contributed by atoms with E-state index in [1.807, 2.05) is 0 Å². The van der Waals surface area contributed by atoms with Gasteiger partial charge >= 0.3 is 12.4 Å². The molecule has 26 heavy (non-hydrogen) atoms. The van der Waals surface area contributed by atoms with Crippen LogP contribution in [-0.2, 0) is 4.74 Å². The van der Waals surface area contributed by atoms with Crippen molar-refractivity contribution in [3.63, 3.8) is 0 Å². The zero-order valence-corrected chi connectivity index (χ0v) is 13.1. The summed E-state index contributed by atoms with van der Waals surface area (Å²) in [6, 6.07) is 6.21. The number of carbonyl (C=O) groups excluding carboxylic acids is 1. The molecular formula is C16H11F5N2O3.